The Bertz CT molecular complexity index is 976. The Morgan fingerprint density at radius 3 is 2.52 bits per heavy atom. The van der Waals surface area contributed by atoms with E-state index in [-0.39, 0.29) is 5.43 Å². The van der Waals surface area contributed by atoms with E-state index in [4.69, 9.17) is 9.15 Å². The van der Waals surface area contributed by atoms with Crippen molar-refractivity contribution in [2.75, 3.05) is 19.6 Å². The third-order valence-corrected chi connectivity index (χ3v) is 5.04. The molecule has 0 radical (unpaired) electrons. The van der Waals surface area contributed by atoms with Crippen LogP contribution in [0.4, 0.5) is 0 Å². The first-order valence-electron chi connectivity index (χ1n) is 6.80. The van der Waals surface area contributed by atoms with E-state index in [1.54, 1.807) is 23.9 Å². The summed E-state index contributed by atoms with van der Waals surface area (Å²) < 4.78 is 10.6. The predicted molar refractivity (Wildman–Crippen MR) is 94.9 cm³/mol. The minimum absolute atomic E-state index is 0.141. The van der Waals surface area contributed by atoms with E-state index in [0.717, 1.165) is 9.79 Å². The van der Waals surface area contributed by atoms with E-state index in [1.807, 2.05) is 24.6 Å². The minimum Gasteiger partial charge on any atom is -0.465 e. The number of hydrogen-bond acceptors (Lipinski definition) is 6. The zero-order valence-corrected chi connectivity index (χ0v) is 14.5. The molecule has 0 bridgehead atoms. The Balaban J connectivity index is 2.40. The Morgan fingerprint density at radius 2 is 1.87 bits per heavy atom. The van der Waals surface area contributed by atoms with Gasteiger partial charge in [0.2, 0.25) is 5.43 Å². The van der Waals surface area contributed by atoms with Gasteiger partial charge in [-0.15, -0.1) is 23.5 Å². The molecule has 1 heterocycles. The van der Waals surface area contributed by atoms with Crippen LogP contribution in [0.15, 0.2) is 49.3 Å². The fourth-order valence-corrected chi connectivity index (χ4v) is 3.54. The van der Waals surface area contributed by atoms with Gasteiger partial charge < -0.3 is 9.15 Å². The van der Waals surface area contributed by atoms with Crippen molar-refractivity contribution in [2.24, 2.45) is 0 Å². The third kappa shape index (κ3) is 2.72. The first-order chi connectivity index (χ1) is 11.1. The van der Waals surface area contributed by atoms with E-state index >= 15 is 0 Å². The number of carbonyl (C=O) groups excluding carboxylic acids is 1. The van der Waals surface area contributed by atoms with Gasteiger partial charge in [-0.3, -0.25) is 4.79 Å². The molecule has 0 aliphatic carbocycles. The van der Waals surface area contributed by atoms with Gasteiger partial charge in [-0.2, -0.15) is 0 Å². The highest BCUT2D eigenvalue weighted by atomic mass is 32.2. The molecule has 1 aromatic heterocycles. The lowest BCUT2D eigenvalue weighted by molar-refractivity contribution is 0.0601. The van der Waals surface area contributed by atoms with Gasteiger partial charge in [0.05, 0.1) is 28.3 Å². The highest BCUT2D eigenvalue weighted by Crippen LogP contribution is 2.32. The summed E-state index contributed by atoms with van der Waals surface area (Å²) in [4.78, 5) is 26.4. The highest BCUT2D eigenvalue weighted by molar-refractivity contribution is 7.99. The van der Waals surface area contributed by atoms with E-state index in [9.17, 15) is 9.59 Å². The number of benzene rings is 2. The molecule has 0 atom stereocenters. The lowest BCUT2D eigenvalue weighted by Gasteiger charge is -2.08. The van der Waals surface area contributed by atoms with E-state index in [1.165, 1.54) is 24.9 Å². The summed E-state index contributed by atoms with van der Waals surface area (Å²) in [6, 6.07) is 8.59. The number of esters is 1. The molecular weight excluding hydrogens is 332 g/mol. The van der Waals surface area contributed by atoms with Gasteiger partial charge >= 0.3 is 5.97 Å². The first kappa shape index (κ1) is 16.0. The van der Waals surface area contributed by atoms with Crippen LogP contribution in [0.25, 0.3) is 21.9 Å². The van der Waals surface area contributed by atoms with Crippen LogP contribution in [-0.4, -0.2) is 25.6 Å². The van der Waals surface area contributed by atoms with Crippen molar-refractivity contribution in [3.63, 3.8) is 0 Å². The molecule has 0 unspecified atom stereocenters. The van der Waals surface area contributed by atoms with Gasteiger partial charge in [-0.1, -0.05) is 0 Å². The van der Waals surface area contributed by atoms with Crippen LogP contribution in [0.3, 0.4) is 0 Å². The van der Waals surface area contributed by atoms with Crippen molar-refractivity contribution in [3.8, 4) is 0 Å². The van der Waals surface area contributed by atoms with Crippen molar-refractivity contribution in [2.45, 2.75) is 9.79 Å². The number of thioether (sulfide) groups is 2. The molecular formula is C17H14O4S2. The molecule has 23 heavy (non-hydrogen) atoms. The Morgan fingerprint density at radius 1 is 1.09 bits per heavy atom. The summed E-state index contributed by atoms with van der Waals surface area (Å²) >= 11 is 3.11. The van der Waals surface area contributed by atoms with Gasteiger partial charge in [-0.25, -0.2) is 4.79 Å². The second kappa shape index (κ2) is 6.29. The van der Waals surface area contributed by atoms with Crippen LogP contribution in [0.1, 0.15) is 10.4 Å². The number of fused-ring (bicyclic) bond motifs is 2. The van der Waals surface area contributed by atoms with Crippen molar-refractivity contribution in [1.82, 2.24) is 0 Å². The number of rotatable bonds is 3. The molecule has 3 aromatic rings. The number of methoxy groups -OCH3 is 1. The number of hydrogen-bond donors (Lipinski definition) is 0. The molecule has 0 saturated heterocycles. The Labute approximate surface area is 141 Å². The molecule has 0 aliphatic rings. The maximum Gasteiger partial charge on any atom is 0.337 e. The van der Waals surface area contributed by atoms with Crippen LogP contribution in [0.2, 0.25) is 0 Å². The van der Waals surface area contributed by atoms with Crippen LogP contribution in [0.5, 0.6) is 0 Å². The highest BCUT2D eigenvalue weighted by Gasteiger charge is 2.15. The molecule has 0 N–H and O–H groups in total. The minimum atomic E-state index is -0.478. The Hall–Kier alpha value is -1.92. The summed E-state index contributed by atoms with van der Waals surface area (Å²) in [6.45, 7) is 0. The summed E-state index contributed by atoms with van der Waals surface area (Å²) in [5.74, 6) is -0.478. The maximum absolute atomic E-state index is 12.9. The summed E-state index contributed by atoms with van der Waals surface area (Å²) in [5, 5.41) is 0.904. The Kier molecular flexibility index (Phi) is 4.37. The fraction of sp³-hybridized carbons (Fsp3) is 0.176. The molecule has 3 rings (SSSR count). The average Bonchev–Trinajstić information content (AvgIpc) is 2.60. The van der Waals surface area contributed by atoms with Crippen molar-refractivity contribution < 1.29 is 13.9 Å². The maximum atomic E-state index is 12.9. The fourth-order valence-electron chi connectivity index (χ4n) is 2.42. The van der Waals surface area contributed by atoms with Gasteiger partial charge in [0, 0.05) is 4.90 Å². The lowest BCUT2D eigenvalue weighted by atomic mass is 10.1. The molecule has 0 amide bonds. The number of ether oxygens (including phenoxy) is 1. The molecule has 4 nitrogen and oxygen atoms in total. The SMILES string of the molecule is COC(=O)c1ccc2oc3c(SC)cc(SC)cc3c(=O)c2c1. The molecule has 118 valence electrons. The van der Waals surface area contributed by atoms with Crippen LogP contribution in [-0.2, 0) is 4.74 Å². The van der Waals surface area contributed by atoms with E-state index in [0.29, 0.717) is 27.5 Å². The second-order valence-electron chi connectivity index (χ2n) is 4.84. The average molecular weight is 346 g/mol. The monoisotopic (exact) mass is 346 g/mol. The summed E-state index contributed by atoms with van der Waals surface area (Å²) in [7, 11) is 1.31. The molecule has 0 saturated carbocycles. The third-order valence-electron chi connectivity index (χ3n) is 3.59. The normalized spacial score (nSPS) is 11.1. The molecule has 0 fully saturated rings. The van der Waals surface area contributed by atoms with Crippen LogP contribution in [0, 0.1) is 0 Å². The van der Waals surface area contributed by atoms with E-state index < -0.39 is 5.97 Å². The predicted octanol–water partition coefficient (Wildman–Crippen LogP) is 4.18. The zero-order valence-electron chi connectivity index (χ0n) is 12.8. The molecule has 0 spiro atoms. The van der Waals surface area contributed by atoms with Gasteiger partial charge in [0.25, 0.3) is 0 Å². The number of carbonyl (C=O) groups is 1. The zero-order chi connectivity index (χ0) is 16.6. The topological polar surface area (TPSA) is 56.5 Å². The molecule has 2 aromatic carbocycles. The van der Waals surface area contributed by atoms with Crippen molar-refractivity contribution in [3.05, 3.63) is 46.1 Å². The van der Waals surface area contributed by atoms with Crippen LogP contribution < -0.4 is 5.43 Å². The first-order valence-corrected chi connectivity index (χ1v) is 9.25. The lowest BCUT2D eigenvalue weighted by Crippen LogP contribution is -2.06. The van der Waals surface area contributed by atoms with Gasteiger partial charge in [0.1, 0.15) is 5.58 Å². The summed E-state index contributed by atoms with van der Waals surface area (Å²) in [6.07, 6.45) is 3.91. The summed E-state index contributed by atoms with van der Waals surface area (Å²) in [5.41, 5.74) is 1.23. The van der Waals surface area contributed by atoms with Crippen molar-refractivity contribution in [1.29, 1.82) is 0 Å². The van der Waals surface area contributed by atoms with Crippen molar-refractivity contribution >= 4 is 51.4 Å². The standard InChI is InChI=1S/C17H14O4S2/c1-20-17(19)9-4-5-13-11(6-9)15(18)12-7-10(22-2)8-14(23-3)16(12)21-13/h4-8H,1-3H3. The van der Waals surface area contributed by atoms with Gasteiger partial charge in [-0.05, 0) is 42.8 Å². The van der Waals surface area contributed by atoms with Gasteiger partial charge in [0.15, 0.2) is 5.58 Å². The largest absolute Gasteiger partial charge is 0.465 e. The second-order valence-corrected chi connectivity index (χ2v) is 6.57. The molecule has 0 aliphatic heterocycles. The molecule has 6 heteroatoms. The quantitative estimate of drug-likeness (QED) is 0.403. The smallest absolute Gasteiger partial charge is 0.337 e. The van der Waals surface area contributed by atoms with E-state index in [2.05, 4.69) is 0 Å². The van der Waals surface area contributed by atoms with Crippen LogP contribution >= 0.6 is 23.5 Å².